The predicted molar refractivity (Wildman–Crippen MR) is 116 cm³/mol. The molecule has 0 radical (unpaired) electrons. The van der Waals surface area contributed by atoms with Crippen molar-refractivity contribution in [2.45, 2.75) is 25.8 Å². The highest BCUT2D eigenvalue weighted by Crippen LogP contribution is 2.30. The van der Waals surface area contributed by atoms with Gasteiger partial charge in [-0.05, 0) is 42.5 Å². The number of nitrogens with zero attached hydrogens (tertiary/aromatic N) is 1. The second kappa shape index (κ2) is 8.29. The molecule has 0 unspecified atom stereocenters. The summed E-state index contributed by atoms with van der Waals surface area (Å²) in [5, 5.41) is 3.91. The maximum atomic E-state index is 12.7. The molecular formula is C22H22BrN3O3. The van der Waals surface area contributed by atoms with E-state index in [1.54, 1.807) is 7.11 Å². The van der Waals surface area contributed by atoms with Crippen LogP contribution in [0.3, 0.4) is 0 Å². The highest BCUT2D eigenvalue weighted by atomic mass is 79.9. The average molecular weight is 456 g/mol. The van der Waals surface area contributed by atoms with Gasteiger partial charge in [0.05, 0.1) is 7.11 Å². The van der Waals surface area contributed by atoms with Gasteiger partial charge in [-0.15, -0.1) is 0 Å². The molecule has 0 atom stereocenters. The zero-order valence-corrected chi connectivity index (χ0v) is 17.7. The van der Waals surface area contributed by atoms with Gasteiger partial charge >= 0.3 is 0 Å². The number of nitrogens with one attached hydrogen (secondary N) is 2. The molecule has 0 saturated heterocycles. The molecule has 2 N–H and O–H groups in total. The van der Waals surface area contributed by atoms with Crippen LogP contribution in [0.2, 0.25) is 0 Å². The van der Waals surface area contributed by atoms with Gasteiger partial charge < -0.3 is 19.9 Å². The Labute approximate surface area is 177 Å². The van der Waals surface area contributed by atoms with Gasteiger partial charge in [0.2, 0.25) is 11.8 Å². The number of benzene rings is 2. The fraction of sp³-hybridized carbons (Fsp3) is 0.273. The lowest BCUT2D eigenvalue weighted by atomic mass is 10.0. The molecule has 150 valence electrons. The number of methoxy groups -OCH3 is 1. The van der Waals surface area contributed by atoms with Crippen LogP contribution in [0.1, 0.15) is 24.1 Å². The first-order valence-corrected chi connectivity index (χ1v) is 10.3. The van der Waals surface area contributed by atoms with Crippen molar-refractivity contribution in [1.82, 2.24) is 9.88 Å². The van der Waals surface area contributed by atoms with Crippen molar-refractivity contribution in [2.75, 3.05) is 19.0 Å². The molecule has 7 heteroatoms. The summed E-state index contributed by atoms with van der Waals surface area (Å²) in [4.78, 5) is 30.2. The molecular weight excluding hydrogens is 434 g/mol. The molecule has 1 aliphatic heterocycles. The van der Waals surface area contributed by atoms with Crippen molar-refractivity contribution in [3.05, 3.63) is 58.2 Å². The van der Waals surface area contributed by atoms with E-state index in [4.69, 9.17) is 4.74 Å². The number of carbonyl (C=O) groups excluding carboxylic acids is 2. The standard InChI is InChI=1S/C22H22BrN3O3/c1-29-16-6-7-19-17(12-16)18-13-26(11-10-20(18)25-19)22(28)9-8-21(27)24-15-4-2-14(23)3-5-15/h2-7,12,25H,8-11,13H2,1H3,(H,24,27). The Balaban J connectivity index is 1.38. The van der Waals surface area contributed by atoms with E-state index in [9.17, 15) is 9.59 Å². The molecule has 0 bridgehead atoms. The number of hydrogen-bond acceptors (Lipinski definition) is 3. The number of rotatable bonds is 5. The number of amides is 2. The van der Waals surface area contributed by atoms with Crippen LogP contribution >= 0.6 is 15.9 Å². The van der Waals surface area contributed by atoms with E-state index in [2.05, 4.69) is 26.2 Å². The molecule has 0 spiro atoms. The van der Waals surface area contributed by atoms with E-state index in [0.29, 0.717) is 13.1 Å². The van der Waals surface area contributed by atoms with E-state index in [-0.39, 0.29) is 24.7 Å². The zero-order valence-electron chi connectivity index (χ0n) is 16.1. The largest absolute Gasteiger partial charge is 0.497 e. The summed E-state index contributed by atoms with van der Waals surface area (Å²) in [6, 6.07) is 13.3. The van der Waals surface area contributed by atoms with Gasteiger partial charge in [0, 0.05) is 64.7 Å². The number of carbonyl (C=O) groups is 2. The van der Waals surface area contributed by atoms with Crippen LogP contribution in [-0.4, -0.2) is 35.4 Å². The van der Waals surface area contributed by atoms with E-state index in [1.807, 2.05) is 47.4 Å². The second-order valence-corrected chi connectivity index (χ2v) is 8.03. The summed E-state index contributed by atoms with van der Waals surface area (Å²) >= 11 is 3.37. The summed E-state index contributed by atoms with van der Waals surface area (Å²) < 4.78 is 6.28. The Bertz CT molecular complexity index is 1060. The van der Waals surface area contributed by atoms with Crippen LogP contribution in [0.15, 0.2) is 46.9 Å². The molecule has 0 saturated carbocycles. The lowest BCUT2D eigenvalue weighted by Gasteiger charge is -2.27. The van der Waals surface area contributed by atoms with Crippen molar-refractivity contribution in [3.8, 4) is 5.75 Å². The summed E-state index contributed by atoms with van der Waals surface area (Å²) in [5.41, 5.74) is 4.09. The fourth-order valence-corrected chi connectivity index (χ4v) is 3.93. The van der Waals surface area contributed by atoms with E-state index >= 15 is 0 Å². The van der Waals surface area contributed by atoms with Crippen LogP contribution < -0.4 is 10.1 Å². The molecule has 1 aromatic heterocycles. The lowest BCUT2D eigenvalue weighted by molar-refractivity contribution is -0.133. The van der Waals surface area contributed by atoms with E-state index in [0.717, 1.165) is 38.8 Å². The molecule has 2 amide bonds. The molecule has 29 heavy (non-hydrogen) atoms. The van der Waals surface area contributed by atoms with E-state index in [1.165, 1.54) is 5.69 Å². The fourth-order valence-electron chi connectivity index (χ4n) is 3.67. The molecule has 3 aromatic rings. The van der Waals surface area contributed by atoms with Gasteiger partial charge in [0.15, 0.2) is 0 Å². The molecule has 6 nitrogen and oxygen atoms in total. The Morgan fingerprint density at radius 2 is 1.97 bits per heavy atom. The highest BCUT2D eigenvalue weighted by Gasteiger charge is 2.24. The third-order valence-electron chi connectivity index (χ3n) is 5.23. The maximum Gasteiger partial charge on any atom is 0.224 e. The van der Waals surface area contributed by atoms with Crippen LogP contribution in [0.5, 0.6) is 5.75 Å². The van der Waals surface area contributed by atoms with Crippen LogP contribution in [0, 0.1) is 0 Å². The van der Waals surface area contributed by atoms with Crippen molar-refractivity contribution < 1.29 is 14.3 Å². The molecule has 2 heterocycles. The normalized spacial score (nSPS) is 13.2. The molecule has 0 aliphatic carbocycles. The second-order valence-electron chi connectivity index (χ2n) is 7.11. The zero-order chi connectivity index (χ0) is 20.4. The molecule has 2 aromatic carbocycles. The number of anilines is 1. The molecule has 0 fully saturated rings. The van der Waals surface area contributed by atoms with E-state index < -0.39 is 0 Å². The number of halogens is 1. The first-order valence-electron chi connectivity index (χ1n) is 9.54. The topological polar surface area (TPSA) is 74.4 Å². The number of fused-ring (bicyclic) bond motifs is 3. The maximum absolute atomic E-state index is 12.7. The van der Waals surface area contributed by atoms with Crippen molar-refractivity contribution in [1.29, 1.82) is 0 Å². The van der Waals surface area contributed by atoms with Gasteiger partial charge in [0.25, 0.3) is 0 Å². The van der Waals surface area contributed by atoms with Crippen molar-refractivity contribution >= 4 is 44.3 Å². The summed E-state index contributed by atoms with van der Waals surface area (Å²) in [6.45, 7) is 1.21. The first-order chi connectivity index (χ1) is 14.0. The Hall–Kier alpha value is -2.80. The third-order valence-corrected chi connectivity index (χ3v) is 5.76. The Morgan fingerprint density at radius 1 is 1.17 bits per heavy atom. The summed E-state index contributed by atoms with van der Waals surface area (Å²) in [7, 11) is 1.65. The first kappa shape index (κ1) is 19.5. The molecule has 4 rings (SSSR count). The minimum atomic E-state index is -0.157. The van der Waals surface area contributed by atoms with Crippen molar-refractivity contribution in [2.24, 2.45) is 0 Å². The van der Waals surface area contributed by atoms with Crippen LogP contribution in [0.25, 0.3) is 10.9 Å². The Kier molecular flexibility index (Phi) is 5.58. The quantitative estimate of drug-likeness (QED) is 0.603. The van der Waals surface area contributed by atoms with Gasteiger partial charge in [0.1, 0.15) is 5.75 Å². The summed E-state index contributed by atoms with van der Waals surface area (Å²) in [6.07, 6.45) is 1.15. The number of aromatic nitrogens is 1. The predicted octanol–water partition coefficient (Wildman–Crippen LogP) is 4.24. The van der Waals surface area contributed by atoms with Crippen molar-refractivity contribution in [3.63, 3.8) is 0 Å². The lowest BCUT2D eigenvalue weighted by Crippen LogP contribution is -2.36. The smallest absolute Gasteiger partial charge is 0.224 e. The SMILES string of the molecule is COc1ccc2[nH]c3c(c2c1)CN(C(=O)CCC(=O)Nc1ccc(Br)cc1)CC3. The average Bonchev–Trinajstić information content (AvgIpc) is 3.10. The highest BCUT2D eigenvalue weighted by molar-refractivity contribution is 9.10. The minimum absolute atomic E-state index is 0.00106. The number of hydrogen-bond donors (Lipinski definition) is 2. The van der Waals surface area contributed by atoms with Gasteiger partial charge in [-0.3, -0.25) is 9.59 Å². The monoisotopic (exact) mass is 455 g/mol. The van der Waals surface area contributed by atoms with Gasteiger partial charge in [-0.2, -0.15) is 0 Å². The van der Waals surface area contributed by atoms with Crippen LogP contribution in [0.4, 0.5) is 5.69 Å². The number of H-pyrrole nitrogens is 1. The van der Waals surface area contributed by atoms with Gasteiger partial charge in [-0.25, -0.2) is 0 Å². The number of ether oxygens (including phenoxy) is 1. The van der Waals surface area contributed by atoms with Crippen LogP contribution in [-0.2, 0) is 22.6 Å². The molecule has 1 aliphatic rings. The third kappa shape index (κ3) is 4.29. The van der Waals surface area contributed by atoms with Gasteiger partial charge in [-0.1, -0.05) is 15.9 Å². The Morgan fingerprint density at radius 3 is 2.72 bits per heavy atom. The minimum Gasteiger partial charge on any atom is -0.497 e. The number of aromatic amines is 1. The summed E-state index contributed by atoms with van der Waals surface area (Å²) in [5.74, 6) is 0.640.